The second-order valence-corrected chi connectivity index (χ2v) is 2.12. The lowest BCUT2D eigenvalue weighted by molar-refractivity contribution is 1.44. The number of nitrogens with zero attached hydrogens (tertiary/aromatic N) is 2. The van der Waals surface area contributed by atoms with Crippen LogP contribution in [0.3, 0.4) is 0 Å². The average Bonchev–Trinajstić information content (AvgIpc) is 2.06. The first kappa shape index (κ1) is 8.12. The van der Waals surface area contributed by atoms with Crippen molar-refractivity contribution in [3.8, 4) is 0 Å². The second-order valence-electron chi connectivity index (χ2n) is 2.12. The Balaban J connectivity index is 3.43. The van der Waals surface area contributed by atoms with Crippen LogP contribution < -0.4 is 11.5 Å². The molecular weight excluding hydrogens is 160 g/mol. The van der Waals surface area contributed by atoms with Gasteiger partial charge in [-0.05, 0) is 22.5 Å². The Morgan fingerprint density at radius 3 is 2.25 bits per heavy atom. The summed E-state index contributed by atoms with van der Waals surface area (Å²) >= 11 is 0. The summed E-state index contributed by atoms with van der Waals surface area (Å²) in [6, 6.07) is 2.68. The van der Waals surface area contributed by atoms with Crippen LogP contribution in [0.4, 0.5) is 22.7 Å². The summed E-state index contributed by atoms with van der Waals surface area (Å²) in [5.41, 5.74) is 10.6. The lowest BCUT2D eigenvalue weighted by Crippen LogP contribution is -1.91. The van der Waals surface area contributed by atoms with E-state index in [1.54, 1.807) is 0 Å². The van der Waals surface area contributed by atoms with Crippen molar-refractivity contribution in [2.45, 2.75) is 0 Å². The average molecular weight is 166 g/mol. The quantitative estimate of drug-likeness (QED) is 0.513. The van der Waals surface area contributed by atoms with Crippen molar-refractivity contribution in [2.24, 2.45) is 10.4 Å². The standard InChI is InChI=1S/C6H6N4O2/c7-3-1-2-4(9-11)5(8)6(3)10-12/h1-2H,7-8H2. The Labute approximate surface area is 67.5 Å². The molecule has 0 aliphatic carbocycles. The van der Waals surface area contributed by atoms with E-state index in [9.17, 15) is 9.81 Å². The molecule has 1 rings (SSSR count). The summed E-state index contributed by atoms with van der Waals surface area (Å²) in [6.07, 6.45) is 0. The zero-order valence-corrected chi connectivity index (χ0v) is 6.02. The molecule has 0 spiro atoms. The van der Waals surface area contributed by atoms with Crippen LogP contribution in [0.2, 0.25) is 0 Å². The third-order valence-corrected chi connectivity index (χ3v) is 1.41. The predicted octanol–water partition coefficient (Wildman–Crippen LogP) is 1.65. The minimum Gasteiger partial charge on any atom is -0.397 e. The SMILES string of the molecule is Nc1ccc(N=O)c(N)c1N=O. The van der Waals surface area contributed by atoms with Gasteiger partial charge in [-0.15, -0.1) is 9.81 Å². The van der Waals surface area contributed by atoms with Gasteiger partial charge in [-0.25, -0.2) is 0 Å². The number of benzene rings is 1. The Morgan fingerprint density at radius 1 is 1.08 bits per heavy atom. The van der Waals surface area contributed by atoms with Gasteiger partial charge in [-0.3, -0.25) is 0 Å². The Morgan fingerprint density at radius 2 is 1.75 bits per heavy atom. The molecule has 0 saturated heterocycles. The van der Waals surface area contributed by atoms with Crippen LogP contribution in [0.15, 0.2) is 22.5 Å². The van der Waals surface area contributed by atoms with E-state index in [0.29, 0.717) is 0 Å². The molecule has 6 nitrogen and oxygen atoms in total. The molecule has 0 bridgehead atoms. The Bertz CT molecular complexity index is 337. The Hall–Kier alpha value is -1.98. The first-order chi connectivity index (χ1) is 5.70. The number of nitrogen functional groups attached to an aromatic ring is 2. The van der Waals surface area contributed by atoms with Crippen molar-refractivity contribution >= 4 is 22.7 Å². The van der Waals surface area contributed by atoms with Crippen LogP contribution in [0.1, 0.15) is 0 Å². The third-order valence-electron chi connectivity index (χ3n) is 1.41. The van der Waals surface area contributed by atoms with Gasteiger partial charge in [0.05, 0.1) is 11.4 Å². The summed E-state index contributed by atoms with van der Waals surface area (Å²) in [4.78, 5) is 20.3. The van der Waals surface area contributed by atoms with Gasteiger partial charge in [0.1, 0.15) is 5.69 Å². The molecule has 0 fully saturated rings. The van der Waals surface area contributed by atoms with Crippen LogP contribution in [-0.2, 0) is 0 Å². The van der Waals surface area contributed by atoms with E-state index < -0.39 is 0 Å². The molecule has 0 aliphatic heterocycles. The fourth-order valence-corrected chi connectivity index (χ4v) is 0.796. The maximum absolute atomic E-state index is 10.2. The summed E-state index contributed by atoms with van der Waals surface area (Å²) in [5, 5.41) is 5.17. The molecular formula is C6H6N4O2. The number of rotatable bonds is 2. The number of hydrogen-bond acceptors (Lipinski definition) is 6. The van der Waals surface area contributed by atoms with Gasteiger partial charge in [0, 0.05) is 0 Å². The molecule has 0 aromatic heterocycles. The zero-order valence-electron chi connectivity index (χ0n) is 6.02. The fourth-order valence-electron chi connectivity index (χ4n) is 0.796. The van der Waals surface area contributed by atoms with Crippen LogP contribution in [0.25, 0.3) is 0 Å². The highest BCUT2D eigenvalue weighted by atomic mass is 16.3. The van der Waals surface area contributed by atoms with E-state index in [4.69, 9.17) is 11.5 Å². The topological polar surface area (TPSA) is 111 Å². The lowest BCUT2D eigenvalue weighted by atomic mass is 10.2. The highest BCUT2D eigenvalue weighted by Gasteiger charge is 2.09. The second kappa shape index (κ2) is 2.95. The summed E-state index contributed by atoms with van der Waals surface area (Å²) < 4.78 is 0. The van der Waals surface area contributed by atoms with Gasteiger partial charge < -0.3 is 11.5 Å². The van der Waals surface area contributed by atoms with Crippen molar-refractivity contribution in [3.63, 3.8) is 0 Å². The van der Waals surface area contributed by atoms with E-state index >= 15 is 0 Å². The molecule has 0 amide bonds. The maximum Gasteiger partial charge on any atom is 0.156 e. The Kier molecular flexibility index (Phi) is 2.00. The highest BCUT2D eigenvalue weighted by Crippen LogP contribution is 2.36. The van der Waals surface area contributed by atoms with E-state index in [1.165, 1.54) is 12.1 Å². The van der Waals surface area contributed by atoms with Crippen molar-refractivity contribution < 1.29 is 0 Å². The van der Waals surface area contributed by atoms with Gasteiger partial charge >= 0.3 is 0 Å². The highest BCUT2D eigenvalue weighted by molar-refractivity contribution is 5.84. The maximum atomic E-state index is 10.2. The molecule has 0 radical (unpaired) electrons. The van der Waals surface area contributed by atoms with Gasteiger partial charge in [-0.1, -0.05) is 0 Å². The van der Waals surface area contributed by atoms with E-state index in [2.05, 4.69) is 10.4 Å². The molecule has 4 N–H and O–H groups in total. The first-order valence-corrected chi connectivity index (χ1v) is 3.05. The smallest absolute Gasteiger partial charge is 0.156 e. The van der Waals surface area contributed by atoms with Crippen LogP contribution in [0.5, 0.6) is 0 Å². The van der Waals surface area contributed by atoms with Gasteiger partial charge in [0.15, 0.2) is 5.69 Å². The third kappa shape index (κ3) is 1.09. The first-order valence-electron chi connectivity index (χ1n) is 3.05. The summed E-state index contributed by atoms with van der Waals surface area (Å²) in [5.74, 6) is 0. The molecule has 0 unspecified atom stereocenters. The van der Waals surface area contributed by atoms with Crippen molar-refractivity contribution in [2.75, 3.05) is 11.5 Å². The minimum absolute atomic E-state index is 0.0289. The molecule has 62 valence electrons. The van der Waals surface area contributed by atoms with Crippen LogP contribution in [0, 0.1) is 9.81 Å². The van der Waals surface area contributed by atoms with Gasteiger partial charge in [0.25, 0.3) is 0 Å². The monoisotopic (exact) mass is 166 g/mol. The summed E-state index contributed by atoms with van der Waals surface area (Å²) in [6.45, 7) is 0. The minimum atomic E-state index is -0.132. The van der Waals surface area contributed by atoms with Crippen molar-refractivity contribution in [1.82, 2.24) is 0 Å². The molecule has 0 heterocycles. The molecule has 0 saturated carbocycles. The largest absolute Gasteiger partial charge is 0.397 e. The number of hydrogen-bond donors (Lipinski definition) is 2. The van der Waals surface area contributed by atoms with Crippen molar-refractivity contribution in [3.05, 3.63) is 21.9 Å². The number of nitroso groups, excluding NO2 is 2. The number of anilines is 2. The molecule has 0 atom stereocenters. The van der Waals surface area contributed by atoms with Crippen LogP contribution >= 0.6 is 0 Å². The molecule has 0 aliphatic rings. The molecule has 1 aromatic rings. The molecule has 1 aromatic carbocycles. The molecule has 6 heteroatoms. The van der Waals surface area contributed by atoms with Gasteiger partial charge in [0.2, 0.25) is 0 Å². The van der Waals surface area contributed by atoms with E-state index in [1.807, 2.05) is 0 Å². The van der Waals surface area contributed by atoms with Crippen molar-refractivity contribution in [1.29, 1.82) is 0 Å². The van der Waals surface area contributed by atoms with E-state index in [0.717, 1.165) is 0 Å². The zero-order chi connectivity index (χ0) is 9.14. The number of nitrogens with two attached hydrogens (primary N) is 2. The predicted molar refractivity (Wildman–Crippen MR) is 46.2 cm³/mol. The normalized spacial score (nSPS) is 9.33. The lowest BCUT2D eigenvalue weighted by Gasteiger charge is -2.01. The van der Waals surface area contributed by atoms with Crippen LogP contribution in [-0.4, -0.2) is 0 Å². The summed E-state index contributed by atoms with van der Waals surface area (Å²) in [7, 11) is 0. The van der Waals surface area contributed by atoms with E-state index in [-0.39, 0.29) is 22.7 Å². The van der Waals surface area contributed by atoms with Gasteiger partial charge in [-0.2, -0.15) is 0 Å². The fraction of sp³-hybridized carbons (Fsp3) is 0. The molecule has 12 heavy (non-hydrogen) atoms.